The van der Waals surface area contributed by atoms with Gasteiger partial charge in [-0.3, -0.25) is 4.79 Å². The highest BCUT2D eigenvalue weighted by molar-refractivity contribution is 5.77. The van der Waals surface area contributed by atoms with E-state index in [1.165, 1.54) is 44.9 Å². The molecule has 3 nitrogen and oxygen atoms in total. The van der Waals surface area contributed by atoms with Gasteiger partial charge >= 0.3 is 0 Å². The van der Waals surface area contributed by atoms with E-state index < -0.39 is 0 Å². The van der Waals surface area contributed by atoms with Crippen LogP contribution in [0.2, 0.25) is 0 Å². The highest BCUT2D eigenvalue weighted by atomic mass is 16.2. The first-order chi connectivity index (χ1) is 9.17. The molecule has 1 N–H and O–H groups in total. The minimum Gasteiger partial charge on any atom is -0.340 e. The lowest BCUT2D eigenvalue weighted by Crippen LogP contribution is -2.50. The van der Waals surface area contributed by atoms with Crippen molar-refractivity contribution >= 4 is 5.91 Å². The first-order valence-corrected chi connectivity index (χ1v) is 8.15. The van der Waals surface area contributed by atoms with Gasteiger partial charge in [-0.2, -0.15) is 0 Å². The molecule has 0 spiro atoms. The normalized spacial score (nSPS) is 27.9. The summed E-state index contributed by atoms with van der Waals surface area (Å²) in [7, 11) is 2.03. The van der Waals surface area contributed by atoms with Gasteiger partial charge in [0, 0.05) is 24.5 Å². The lowest BCUT2D eigenvalue weighted by atomic mass is 9.79. The van der Waals surface area contributed by atoms with Crippen molar-refractivity contribution in [1.82, 2.24) is 10.2 Å². The summed E-state index contributed by atoms with van der Waals surface area (Å²) in [6.45, 7) is 3.19. The summed E-state index contributed by atoms with van der Waals surface area (Å²) >= 11 is 0. The fraction of sp³-hybridized carbons (Fsp3) is 0.938. The van der Waals surface area contributed by atoms with Gasteiger partial charge in [-0.05, 0) is 39.7 Å². The smallest absolute Gasteiger partial charge is 0.224 e. The van der Waals surface area contributed by atoms with E-state index in [0.29, 0.717) is 18.4 Å². The van der Waals surface area contributed by atoms with E-state index >= 15 is 0 Å². The molecule has 3 heteroatoms. The molecule has 110 valence electrons. The molecule has 2 aliphatic rings. The molecule has 1 aliphatic carbocycles. The fourth-order valence-corrected chi connectivity index (χ4v) is 3.78. The maximum atomic E-state index is 12.7. The van der Waals surface area contributed by atoms with Gasteiger partial charge in [0.2, 0.25) is 5.91 Å². The molecule has 0 radical (unpaired) electrons. The standard InChI is InChI=1S/C16H30N2O/c1-14-9-5-3-8-12-18(14)15(19)13-16(17-2)10-6-4-7-11-16/h14,17H,3-13H2,1-2H3. The van der Waals surface area contributed by atoms with Crippen LogP contribution in [-0.4, -0.2) is 36.0 Å². The zero-order chi connectivity index (χ0) is 13.7. The Bertz CT molecular complexity index is 297. The number of amides is 1. The van der Waals surface area contributed by atoms with Crippen molar-refractivity contribution in [3.8, 4) is 0 Å². The number of nitrogens with one attached hydrogen (secondary N) is 1. The topological polar surface area (TPSA) is 32.3 Å². The van der Waals surface area contributed by atoms with Crippen LogP contribution in [0.3, 0.4) is 0 Å². The van der Waals surface area contributed by atoms with Gasteiger partial charge in [-0.15, -0.1) is 0 Å². The van der Waals surface area contributed by atoms with Gasteiger partial charge in [0.05, 0.1) is 0 Å². The monoisotopic (exact) mass is 266 g/mol. The Balaban J connectivity index is 1.97. The Kier molecular flexibility index (Phi) is 5.26. The van der Waals surface area contributed by atoms with Gasteiger partial charge in [0.1, 0.15) is 0 Å². The summed E-state index contributed by atoms with van der Waals surface area (Å²) in [5.74, 6) is 0.380. The van der Waals surface area contributed by atoms with E-state index in [2.05, 4.69) is 17.1 Å². The number of nitrogens with zero attached hydrogens (tertiary/aromatic N) is 1. The van der Waals surface area contributed by atoms with E-state index in [9.17, 15) is 4.79 Å². The third-order valence-corrected chi connectivity index (χ3v) is 5.20. The van der Waals surface area contributed by atoms with Crippen LogP contribution in [0.1, 0.15) is 71.1 Å². The van der Waals surface area contributed by atoms with E-state index in [4.69, 9.17) is 0 Å². The quantitative estimate of drug-likeness (QED) is 0.851. The van der Waals surface area contributed by atoms with E-state index in [1.54, 1.807) is 0 Å². The molecule has 1 heterocycles. The SMILES string of the molecule is CNC1(CC(=O)N2CCCCCC2C)CCCCC1. The number of carbonyl (C=O) groups is 1. The first kappa shape index (κ1) is 14.8. The van der Waals surface area contributed by atoms with Gasteiger partial charge in [-0.25, -0.2) is 0 Å². The third-order valence-electron chi connectivity index (χ3n) is 5.20. The van der Waals surface area contributed by atoms with Crippen molar-refractivity contribution in [2.24, 2.45) is 0 Å². The maximum Gasteiger partial charge on any atom is 0.224 e. The molecule has 19 heavy (non-hydrogen) atoms. The number of carbonyl (C=O) groups excluding carboxylic acids is 1. The Morgan fingerprint density at radius 1 is 1.16 bits per heavy atom. The minimum atomic E-state index is 0.0847. The van der Waals surface area contributed by atoms with Crippen molar-refractivity contribution in [2.75, 3.05) is 13.6 Å². The van der Waals surface area contributed by atoms with Crippen LogP contribution in [0.15, 0.2) is 0 Å². The lowest BCUT2D eigenvalue weighted by molar-refractivity contribution is -0.135. The first-order valence-electron chi connectivity index (χ1n) is 8.15. The molecule has 1 saturated heterocycles. The maximum absolute atomic E-state index is 12.7. The summed E-state index contributed by atoms with van der Waals surface area (Å²) in [5, 5.41) is 3.47. The molecule has 2 fully saturated rings. The summed E-state index contributed by atoms with van der Waals surface area (Å²) in [6, 6.07) is 0.437. The highest BCUT2D eigenvalue weighted by Crippen LogP contribution is 2.32. The van der Waals surface area contributed by atoms with E-state index in [0.717, 1.165) is 19.4 Å². The van der Waals surface area contributed by atoms with Crippen LogP contribution in [-0.2, 0) is 4.79 Å². The Labute approximate surface area is 118 Å². The van der Waals surface area contributed by atoms with Crippen LogP contribution >= 0.6 is 0 Å². The summed E-state index contributed by atoms with van der Waals surface area (Å²) < 4.78 is 0. The van der Waals surface area contributed by atoms with Gasteiger partial charge in [0.15, 0.2) is 0 Å². The average molecular weight is 266 g/mol. The Hall–Kier alpha value is -0.570. The van der Waals surface area contributed by atoms with Gasteiger partial charge in [-0.1, -0.05) is 32.1 Å². The molecular weight excluding hydrogens is 236 g/mol. The Morgan fingerprint density at radius 2 is 1.84 bits per heavy atom. The molecule has 2 rings (SSSR count). The largest absolute Gasteiger partial charge is 0.340 e. The van der Waals surface area contributed by atoms with E-state index in [-0.39, 0.29) is 5.54 Å². The van der Waals surface area contributed by atoms with Crippen molar-refractivity contribution in [2.45, 2.75) is 82.7 Å². The summed E-state index contributed by atoms with van der Waals surface area (Å²) in [5.41, 5.74) is 0.0847. The van der Waals surface area contributed by atoms with Gasteiger partial charge in [0.25, 0.3) is 0 Å². The third kappa shape index (κ3) is 3.71. The van der Waals surface area contributed by atoms with Crippen LogP contribution in [0, 0.1) is 0 Å². The minimum absolute atomic E-state index is 0.0847. The number of hydrogen-bond donors (Lipinski definition) is 1. The van der Waals surface area contributed by atoms with Crippen molar-refractivity contribution in [3.05, 3.63) is 0 Å². The molecule has 1 unspecified atom stereocenters. The van der Waals surface area contributed by atoms with Crippen LogP contribution in [0.25, 0.3) is 0 Å². The van der Waals surface area contributed by atoms with Crippen molar-refractivity contribution in [1.29, 1.82) is 0 Å². The number of likely N-dealkylation sites (tertiary alicyclic amines) is 1. The molecule has 0 aromatic carbocycles. The molecule has 1 saturated carbocycles. The molecule has 0 bridgehead atoms. The zero-order valence-electron chi connectivity index (χ0n) is 12.7. The van der Waals surface area contributed by atoms with Crippen LogP contribution in [0.5, 0.6) is 0 Å². The molecule has 0 aromatic heterocycles. The Morgan fingerprint density at radius 3 is 2.53 bits per heavy atom. The van der Waals surface area contributed by atoms with E-state index in [1.807, 2.05) is 7.05 Å². The second kappa shape index (κ2) is 6.74. The molecule has 1 amide bonds. The number of hydrogen-bond acceptors (Lipinski definition) is 2. The summed E-state index contributed by atoms with van der Waals surface area (Å²) in [4.78, 5) is 14.8. The molecule has 1 aliphatic heterocycles. The molecule has 1 atom stereocenters. The van der Waals surface area contributed by atoms with Crippen molar-refractivity contribution < 1.29 is 4.79 Å². The highest BCUT2D eigenvalue weighted by Gasteiger charge is 2.35. The lowest BCUT2D eigenvalue weighted by Gasteiger charge is -2.39. The fourth-order valence-electron chi connectivity index (χ4n) is 3.78. The van der Waals surface area contributed by atoms with Crippen molar-refractivity contribution in [3.63, 3.8) is 0 Å². The predicted molar refractivity (Wildman–Crippen MR) is 79.1 cm³/mol. The van der Waals surface area contributed by atoms with Crippen LogP contribution in [0.4, 0.5) is 0 Å². The predicted octanol–water partition coefficient (Wildman–Crippen LogP) is 3.09. The zero-order valence-corrected chi connectivity index (χ0v) is 12.7. The molecule has 0 aromatic rings. The van der Waals surface area contributed by atoms with Gasteiger partial charge < -0.3 is 10.2 Å². The average Bonchev–Trinajstić information content (AvgIpc) is 2.64. The molecular formula is C16H30N2O. The second-order valence-electron chi connectivity index (χ2n) is 6.55. The second-order valence-corrected chi connectivity index (χ2v) is 6.55. The summed E-state index contributed by atoms with van der Waals surface area (Å²) in [6.07, 6.45) is 11.8. The van der Waals surface area contributed by atoms with Crippen LogP contribution < -0.4 is 5.32 Å². The number of rotatable bonds is 3.